The van der Waals surface area contributed by atoms with Crippen LogP contribution in [0, 0.1) is 11.8 Å². The van der Waals surface area contributed by atoms with Gasteiger partial charge < -0.3 is 56.8 Å². The molecule has 0 amide bonds. The zero-order valence-electron chi connectivity index (χ0n) is 42.7. The Morgan fingerprint density at radius 1 is 0.397 bits per heavy atom. The van der Waals surface area contributed by atoms with E-state index in [-0.39, 0.29) is 135 Å². The Balaban J connectivity index is 1.19. The zero-order chi connectivity index (χ0) is 56.4. The maximum absolute atomic E-state index is 13.5. The zero-order valence-corrected chi connectivity index (χ0v) is 42.7. The highest BCUT2D eigenvalue weighted by Gasteiger charge is 2.33. The molecule has 0 N–H and O–H groups in total. The Kier molecular flexibility index (Phi) is 23.9. The van der Waals surface area contributed by atoms with Crippen molar-refractivity contribution < 1.29 is 105 Å². The van der Waals surface area contributed by atoms with Gasteiger partial charge in [0, 0.05) is 25.4 Å². The number of benzene rings is 4. The van der Waals surface area contributed by atoms with E-state index in [4.69, 9.17) is 56.8 Å². The van der Waals surface area contributed by atoms with Gasteiger partial charge in [-0.1, -0.05) is 13.2 Å². The maximum Gasteiger partial charge on any atom is 0.343 e. The molecule has 0 radical (unpaired) electrons. The summed E-state index contributed by atoms with van der Waals surface area (Å²) < 4.78 is 63.3. The second-order valence-corrected chi connectivity index (χ2v) is 16.3. The lowest BCUT2D eigenvalue weighted by atomic mass is 9.82. The number of rotatable bonds is 28. The van der Waals surface area contributed by atoms with Crippen molar-refractivity contribution in [2.45, 2.75) is 39.5 Å². The first kappa shape index (κ1) is 59.9. The van der Waals surface area contributed by atoms with Crippen LogP contribution >= 0.6 is 0 Å². The quantitative estimate of drug-likeness (QED) is 0.0190. The third-order valence-electron chi connectivity index (χ3n) is 11.1. The van der Waals surface area contributed by atoms with E-state index in [1.807, 2.05) is 0 Å². The predicted octanol–water partition coefficient (Wildman–Crippen LogP) is 6.60. The molecule has 0 atom stereocenters. The summed E-state index contributed by atoms with van der Waals surface area (Å²) in [5.74, 6) is -9.73. The van der Waals surface area contributed by atoms with Crippen molar-refractivity contribution in [3.63, 3.8) is 0 Å². The highest BCUT2D eigenvalue weighted by molar-refractivity contribution is 5.99. The van der Waals surface area contributed by atoms with Crippen LogP contribution in [0.25, 0.3) is 0 Å². The van der Waals surface area contributed by atoms with E-state index >= 15 is 0 Å². The summed E-state index contributed by atoms with van der Waals surface area (Å²) in [7, 11) is 0. The van der Waals surface area contributed by atoms with Crippen LogP contribution in [0.3, 0.4) is 0 Å². The molecule has 0 heterocycles. The summed E-state index contributed by atoms with van der Waals surface area (Å²) in [5.41, 5.74) is -0.326. The van der Waals surface area contributed by atoms with Gasteiger partial charge in [0.25, 0.3) is 0 Å². The van der Waals surface area contributed by atoms with Crippen molar-refractivity contribution in [1.29, 1.82) is 0 Å². The SMILES string of the molecule is C=CC(=O)OCCOC(=O)c1ccc(C(=O)Oc2ccc(OC(=O)C3CCC(C(=O)Oc4ccc(OC(=O)c5ccc(C(=O)OCCOC(=O)C=C)cc5)c(C(=O)OCCOCC)c4)CC3)cc2C(=O)OCCOCC)cc1. The van der Waals surface area contributed by atoms with Crippen molar-refractivity contribution in [2.24, 2.45) is 11.8 Å². The average Bonchev–Trinajstić information content (AvgIpc) is 3.48. The number of esters is 10. The van der Waals surface area contributed by atoms with Crippen LogP contribution in [0.1, 0.15) is 102 Å². The van der Waals surface area contributed by atoms with Crippen LogP contribution in [0.2, 0.25) is 0 Å². The molecule has 78 heavy (non-hydrogen) atoms. The molecule has 5 rings (SSSR count). The van der Waals surface area contributed by atoms with Gasteiger partial charge >= 0.3 is 59.7 Å². The van der Waals surface area contributed by atoms with E-state index in [0.29, 0.717) is 13.2 Å². The topological polar surface area (TPSA) is 281 Å². The molecule has 0 saturated heterocycles. The van der Waals surface area contributed by atoms with Crippen LogP contribution in [0.4, 0.5) is 0 Å². The first-order valence-corrected chi connectivity index (χ1v) is 24.4. The van der Waals surface area contributed by atoms with Crippen molar-refractivity contribution in [3.8, 4) is 23.0 Å². The smallest absolute Gasteiger partial charge is 0.343 e. The van der Waals surface area contributed by atoms with Gasteiger partial charge in [0.15, 0.2) is 0 Å². The number of carbonyl (C=O) groups is 10. The van der Waals surface area contributed by atoms with Crippen LogP contribution in [0.15, 0.2) is 110 Å². The molecule has 0 bridgehead atoms. The van der Waals surface area contributed by atoms with E-state index in [0.717, 1.165) is 12.2 Å². The van der Waals surface area contributed by atoms with Crippen LogP contribution < -0.4 is 18.9 Å². The fourth-order valence-corrected chi connectivity index (χ4v) is 7.08. The largest absolute Gasteiger partial charge is 0.460 e. The molecule has 4 aromatic rings. The molecule has 1 fully saturated rings. The lowest BCUT2D eigenvalue weighted by Gasteiger charge is -2.26. The normalized spacial score (nSPS) is 13.5. The molecule has 0 aromatic heterocycles. The summed E-state index contributed by atoms with van der Waals surface area (Å²) in [4.78, 5) is 127. The fourth-order valence-electron chi connectivity index (χ4n) is 7.08. The molecule has 412 valence electrons. The number of hydrogen-bond donors (Lipinski definition) is 0. The van der Waals surface area contributed by atoms with Crippen molar-refractivity contribution >= 4 is 59.7 Å². The van der Waals surface area contributed by atoms with Gasteiger partial charge in [-0.2, -0.15) is 0 Å². The second kappa shape index (κ2) is 31.1. The van der Waals surface area contributed by atoms with Crippen LogP contribution in [-0.4, -0.2) is 126 Å². The van der Waals surface area contributed by atoms with Gasteiger partial charge in [-0.25, -0.2) is 38.4 Å². The van der Waals surface area contributed by atoms with Crippen molar-refractivity contribution in [3.05, 3.63) is 144 Å². The van der Waals surface area contributed by atoms with E-state index in [1.54, 1.807) is 13.8 Å². The molecule has 4 aromatic carbocycles. The molecule has 1 aliphatic carbocycles. The number of ether oxygens (including phenoxy) is 12. The van der Waals surface area contributed by atoms with Gasteiger partial charge in [0.2, 0.25) is 0 Å². The Morgan fingerprint density at radius 3 is 1.04 bits per heavy atom. The second-order valence-electron chi connectivity index (χ2n) is 16.3. The molecule has 22 nitrogen and oxygen atoms in total. The minimum absolute atomic E-state index is 0.00119. The monoisotopic (exact) mass is 1080 g/mol. The summed E-state index contributed by atoms with van der Waals surface area (Å²) in [6.45, 7) is 9.86. The Morgan fingerprint density at radius 2 is 0.705 bits per heavy atom. The third kappa shape index (κ3) is 18.7. The predicted molar refractivity (Wildman–Crippen MR) is 269 cm³/mol. The highest BCUT2D eigenvalue weighted by Crippen LogP contribution is 2.34. The molecule has 22 heteroatoms. The number of carbonyl (C=O) groups excluding carboxylic acids is 10. The van der Waals surface area contributed by atoms with Crippen molar-refractivity contribution in [2.75, 3.05) is 66.1 Å². The lowest BCUT2D eigenvalue weighted by Crippen LogP contribution is -2.30. The maximum atomic E-state index is 13.5. The van der Waals surface area contributed by atoms with E-state index in [2.05, 4.69) is 13.2 Å². The standard InChI is InChI=1S/C56H56O22/c1-5-47(57)69-29-31-71-49(59)35-9-13-39(14-10-35)53(63)77-45-23-21-41(33-43(45)55(65)73-27-25-67-7-3)75-51(61)37-17-19-38(20-18-37)52(62)76-42-22-24-46(44(34-42)56(66)74-28-26-68-8-4)78-54(64)40-15-11-36(12-16-40)50(60)72-32-30-70-48(58)6-2/h5-6,9-16,21-24,33-34,37-38H,1-2,7-8,17-20,25-32H2,3-4H3. The average molecular weight is 1080 g/mol. The van der Waals surface area contributed by atoms with E-state index in [1.165, 1.54) is 84.9 Å². The lowest BCUT2D eigenvalue weighted by molar-refractivity contribution is -0.145. The van der Waals surface area contributed by atoms with E-state index in [9.17, 15) is 47.9 Å². The highest BCUT2D eigenvalue weighted by atomic mass is 16.6. The fraction of sp³-hybridized carbons (Fsp3) is 0.321. The minimum atomic E-state index is -0.916. The molecular weight excluding hydrogens is 1020 g/mol. The van der Waals surface area contributed by atoms with Gasteiger partial charge in [-0.05, 0) is 124 Å². The van der Waals surface area contributed by atoms with Crippen LogP contribution in [0.5, 0.6) is 23.0 Å². The first-order chi connectivity index (χ1) is 37.6. The summed E-state index contributed by atoms with van der Waals surface area (Å²) in [5, 5.41) is 0. The summed E-state index contributed by atoms with van der Waals surface area (Å²) in [6.07, 6.45) is 2.78. The summed E-state index contributed by atoms with van der Waals surface area (Å²) in [6, 6.07) is 17.9. The first-order valence-electron chi connectivity index (χ1n) is 24.4. The van der Waals surface area contributed by atoms with Crippen molar-refractivity contribution in [1.82, 2.24) is 0 Å². The molecule has 0 spiro atoms. The van der Waals surface area contributed by atoms with E-state index < -0.39 is 71.5 Å². The van der Waals surface area contributed by atoms with Gasteiger partial charge in [0.1, 0.15) is 73.8 Å². The molecule has 0 aliphatic heterocycles. The molecule has 0 unspecified atom stereocenters. The molecular formula is C56H56O22. The minimum Gasteiger partial charge on any atom is -0.460 e. The molecule has 1 aliphatic rings. The Hall–Kier alpha value is -9.02. The number of hydrogen-bond acceptors (Lipinski definition) is 22. The Labute approximate surface area is 447 Å². The van der Waals surface area contributed by atoms with Gasteiger partial charge in [-0.15, -0.1) is 0 Å². The Bertz CT molecular complexity index is 2620. The van der Waals surface area contributed by atoms with Crippen LogP contribution in [-0.2, 0) is 57.1 Å². The third-order valence-corrected chi connectivity index (χ3v) is 11.1. The molecule has 1 saturated carbocycles. The summed E-state index contributed by atoms with van der Waals surface area (Å²) >= 11 is 0. The van der Waals surface area contributed by atoms with Gasteiger partial charge in [-0.3, -0.25) is 9.59 Å². The van der Waals surface area contributed by atoms with Gasteiger partial charge in [0.05, 0.1) is 47.3 Å².